The van der Waals surface area contributed by atoms with Gasteiger partial charge in [0.2, 0.25) is 5.91 Å². The lowest BCUT2D eigenvalue weighted by Crippen LogP contribution is -2.38. The van der Waals surface area contributed by atoms with Gasteiger partial charge in [-0.25, -0.2) is 0 Å². The summed E-state index contributed by atoms with van der Waals surface area (Å²) in [5, 5.41) is 13.6. The average Bonchev–Trinajstić information content (AvgIpc) is 2.91. The molecule has 20 heavy (non-hydrogen) atoms. The Labute approximate surface area is 124 Å². The molecule has 1 heterocycles. The molecule has 0 aromatic heterocycles. The summed E-state index contributed by atoms with van der Waals surface area (Å²) in [7, 11) is 0. The van der Waals surface area contributed by atoms with Crippen LogP contribution in [0.4, 0.5) is 0 Å². The zero-order chi connectivity index (χ0) is 14.5. The first-order valence-electron chi connectivity index (χ1n) is 6.91. The van der Waals surface area contributed by atoms with Gasteiger partial charge < -0.3 is 15.2 Å². The Morgan fingerprint density at radius 2 is 2.20 bits per heavy atom. The number of hydrogen-bond acceptors (Lipinski definition) is 3. The first-order valence-corrected chi connectivity index (χ1v) is 7.28. The van der Waals surface area contributed by atoms with Crippen molar-refractivity contribution in [3.05, 3.63) is 34.9 Å². The zero-order valence-electron chi connectivity index (χ0n) is 11.5. The van der Waals surface area contributed by atoms with Crippen molar-refractivity contribution in [2.45, 2.75) is 44.4 Å². The Morgan fingerprint density at radius 1 is 1.50 bits per heavy atom. The van der Waals surface area contributed by atoms with Gasteiger partial charge in [0.25, 0.3) is 0 Å². The molecule has 2 N–H and O–H groups in total. The number of halogens is 1. The van der Waals surface area contributed by atoms with Crippen molar-refractivity contribution in [3.63, 3.8) is 0 Å². The minimum Gasteiger partial charge on any atom is -0.386 e. The van der Waals surface area contributed by atoms with Crippen molar-refractivity contribution in [1.82, 2.24) is 5.32 Å². The topological polar surface area (TPSA) is 58.6 Å². The predicted molar refractivity (Wildman–Crippen MR) is 77.6 cm³/mol. The molecule has 4 nitrogen and oxygen atoms in total. The molecular formula is C15H20ClNO3. The van der Waals surface area contributed by atoms with Crippen LogP contribution >= 0.6 is 11.6 Å². The molecule has 0 radical (unpaired) electrons. The Bertz CT molecular complexity index is 443. The number of carbonyl (C=O) groups excluding carboxylic acids is 1. The predicted octanol–water partition coefficient (Wildman–Crippen LogP) is 2.45. The number of hydrogen-bond donors (Lipinski definition) is 2. The highest BCUT2D eigenvalue weighted by molar-refractivity contribution is 6.30. The second kappa shape index (κ2) is 7.07. The average molecular weight is 298 g/mol. The fourth-order valence-electron chi connectivity index (χ4n) is 2.35. The normalized spacial score (nSPS) is 21.4. The molecule has 2 rings (SSSR count). The van der Waals surface area contributed by atoms with E-state index in [9.17, 15) is 9.90 Å². The molecule has 3 atom stereocenters. The lowest BCUT2D eigenvalue weighted by Gasteiger charge is -2.21. The highest BCUT2D eigenvalue weighted by Crippen LogP contribution is 2.20. The number of benzene rings is 1. The van der Waals surface area contributed by atoms with Gasteiger partial charge in [-0.1, -0.05) is 23.7 Å². The summed E-state index contributed by atoms with van der Waals surface area (Å²) in [5.41, 5.74) is 0.735. The number of aliphatic hydroxyl groups is 1. The van der Waals surface area contributed by atoms with Crippen LogP contribution in [0, 0.1) is 0 Å². The van der Waals surface area contributed by atoms with Gasteiger partial charge in [0, 0.05) is 11.6 Å². The van der Waals surface area contributed by atoms with E-state index in [1.54, 1.807) is 31.2 Å². The van der Waals surface area contributed by atoms with Gasteiger partial charge in [-0.05, 0) is 37.5 Å². The zero-order valence-corrected chi connectivity index (χ0v) is 12.3. The Hall–Kier alpha value is -1.10. The second-order valence-corrected chi connectivity index (χ2v) is 5.63. The molecule has 1 aliphatic rings. The summed E-state index contributed by atoms with van der Waals surface area (Å²) < 4.78 is 5.43. The number of amides is 1. The molecular weight excluding hydrogens is 278 g/mol. The van der Waals surface area contributed by atoms with Crippen LogP contribution in [0.2, 0.25) is 5.02 Å². The molecule has 0 bridgehead atoms. The lowest BCUT2D eigenvalue weighted by atomic mass is 10.0. The Balaban J connectivity index is 1.85. The van der Waals surface area contributed by atoms with Gasteiger partial charge in [-0.15, -0.1) is 0 Å². The Kier molecular flexibility index (Phi) is 5.40. The highest BCUT2D eigenvalue weighted by atomic mass is 35.5. The van der Waals surface area contributed by atoms with Crippen molar-refractivity contribution in [2.75, 3.05) is 6.61 Å². The summed E-state index contributed by atoms with van der Waals surface area (Å²) >= 11 is 5.81. The highest BCUT2D eigenvalue weighted by Gasteiger charge is 2.22. The van der Waals surface area contributed by atoms with E-state index in [2.05, 4.69) is 5.32 Å². The maximum absolute atomic E-state index is 11.9. The number of rotatable bonds is 5. The number of aliphatic hydroxyl groups excluding tert-OH is 1. The van der Waals surface area contributed by atoms with Gasteiger partial charge >= 0.3 is 0 Å². The molecule has 0 spiro atoms. The van der Waals surface area contributed by atoms with E-state index in [-0.39, 0.29) is 18.1 Å². The third kappa shape index (κ3) is 4.20. The van der Waals surface area contributed by atoms with Gasteiger partial charge in [-0.2, -0.15) is 0 Å². The molecule has 0 saturated carbocycles. The van der Waals surface area contributed by atoms with Crippen LogP contribution in [0.15, 0.2) is 24.3 Å². The standard InChI is InChI=1S/C15H20ClNO3/c1-10(15(19)11-4-6-12(16)7-5-11)17-14(18)9-13-3-2-8-20-13/h4-7,10,13,15,19H,2-3,8-9H2,1H3,(H,17,18). The van der Waals surface area contributed by atoms with Crippen LogP contribution < -0.4 is 5.32 Å². The van der Waals surface area contributed by atoms with E-state index in [1.807, 2.05) is 0 Å². The van der Waals surface area contributed by atoms with Crippen molar-refractivity contribution in [2.24, 2.45) is 0 Å². The molecule has 5 heteroatoms. The maximum atomic E-state index is 11.9. The van der Waals surface area contributed by atoms with E-state index in [0.29, 0.717) is 11.4 Å². The lowest BCUT2D eigenvalue weighted by molar-refractivity contribution is -0.124. The number of ether oxygens (including phenoxy) is 1. The molecule has 1 aromatic rings. The van der Waals surface area contributed by atoms with E-state index >= 15 is 0 Å². The first kappa shape index (κ1) is 15.3. The van der Waals surface area contributed by atoms with Gasteiger partial charge in [0.15, 0.2) is 0 Å². The van der Waals surface area contributed by atoms with Crippen molar-refractivity contribution in [1.29, 1.82) is 0 Å². The van der Waals surface area contributed by atoms with Gasteiger partial charge in [0.1, 0.15) is 0 Å². The molecule has 110 valence electrons. The van der Waals surface area contributed by atoms with Crippen molar-refractivity contribution in [3.8, 4) is 0 Å². The van der Waals surface area contributed by atoms with Crippen LogP contribution in [-0.4, -0.2) is 29.8 Å². The van der Waals surface area contributed by atoms with E-state index in [4.69, 9.17) is 16.3 Å². The van der Waals surface area contributed by atoms with Gasteiger partial charge in [-0.3, -0.25) is 4.79 Å². The summed E-state index contributed by atoms with van der Waals surface area (Å²) in [6.45, 7) is 2.52. The summed E-state index contributed by atoms with van der Waals surface area (Å²) in [5.74, 6) is -0.0857. The Morgan fingerprint density at radius 3 is 2.80 bits per heavy atom. The van der Waals surface area contributed by atoms with E-state index < -0.39 is 6.10 Å². The van der Waals surface area contributed by atoms with Crippen LogP contribution in [0.25, 0.3) is 0 Å². The minimum absolute atomic E-state index is 0.0230. The smallest absolute Gasteiger partial charge is 0.222 e. The summed E-state index contributed by atoms with van der Waals surface area (Å²) in [4.78, 5) is 11.9. The quantitative estimate of drug-likeness (QED) is 0.877. The maximum Gasteiger partial charge on any atom is 0.222 e. The monoisotopic (exact) mass is 297 g/mol. The number of carbonyl (C=O) groups is 1. The summed E-state index contributed by atoms with van der Waals surface area (Å²) in [6.07, 6.45) is 1.58. The van der Waals surface area contributed by atoms with E-state index in [1.165, 1.54) is 0 Å². The van der Waals surface area contributed by atoms with Crippen molar-refractivity contribution < 1.29 is 14.6 Å². The molecule has 1 aromatic carbocycles. The number of nitrogens with one attached hydrogen (secondary N) is 1. The van der Waals surface area contributed by atoms with Crippen LogP contribution in [0.1, 0.15) is 37.9 Å². The van der Waals surface area contributed by atoms with Crippen LogP contribution in [-0.2, 0) is 9.53 Å². The largest absolute Gasteiger partial charge is 0.386 e. The third-order valence-corrected chi connectivity index (χ3v) is 3.76. The molecule has 3 unspecified atom stereocenters. The minimum atomic E-state index is -0.749. The van der Waals surface area contributed by atoms with Crippen LogP contribution in [0.3, 0.4) is 0 Å². The molecule has 1 aliphatic heterocycles. The van der Waals surface area contributed by atoms with E-state index in [0.717, 1.165) is 25.0 Å². The molecule has 0 aliphatic carbocycles. The first-order chi connectivity index (χ1) is 9.56. The van der Waals surface area contributed by atoms with Crippen molar-refractivity contribution >= 4 is 17.5 Å². The third-order valence-electron chi connectivity index (χ3n) is 3.51. The molecule has 1 saturated heterocycles. The van der Waals surface area contributed by atoms with Gasteiger partial charge in [0.05, 0.1) is 24.7 Å². The fourth-order valence-corrected chi connectivity index (χ4v) is 2.48. The summed E-state index contributed by atoms with van der Waals surface area (Å²) in [6, 6.07) is 6.61. The molecule has 1 amide bonds. The molecule has 1 fully saturated rings. The van der Waals surface area contributed by atoms with Crippen LogP contribution in [0.5, 0.6) is 0 Å². The SMILES string of the molecule is CC(NC(=O)CC1CCCO1)C(O)c1ccc(Cl)cc1. The second-order valence-electron chi connectivity index (χ2n) is 5.19. The fraction of sp³-hybridized carbons (Fsp3) is 0.533.